The smallest absolute Gasteiger partial charge is 0.148 e. The van der Waals surface area contributed by atoms with Crippen molar-refractivity contribution in [2.45, 2.75) is 6.92 Å². The first-order chi connectivity index (χ1) is 8.20. The summed E-state index contributed by atoms with van der Waals surface area (Å²) < 4.78 is 1.01. The van der Waals surface area contributed by atoms with E-state index in [1.54, 1.807) is 0 Å². The van der Waals surface area contributed by atoms with Crippen LogP contribution in [-0.2, 0) is 0 Å². The predicted octanol–water partition coefficient (Wildman–Crippen LogP) is 2.58. The van der Waals surface area contributed by atoms with Crippen LogP contribution in [0.1, 0.15) is 5.56 Å². The van der Waals surface area contributed by atoms with E-state index in [4.69, 9.17) is 5.84 Å². The molecule has 88 valence electrons. The fourth-order valence-corrected chi connectivity index (χ4v) is 1.82. The zero-order valence-electron chi connectivity index (χ0n) is 9.24. The summed E-state index contributed by atoms with van der Waals surface area (Å²) in [6.07, 6.45) is 1.46. The van der Waals surface area contributed by atoms with E-state index in [1.165, 1.54) is 6.33 Å². The molecule has 17 heavy (non-hydrogen) atoms. The summed E-state index contributed by atoms with van der Waals surface area (Å²) in [6.45, 7) is 1.90. The largest absolute Gasteiger partial charge is 0.340 e. The summed E-state index contributed by atoms with van der Waals surface area (Å²) >= 11 is 3.42. The van der Waals surface area contributed by atoms with E-state index < -0.39 is 0 Å². The van der Waals surface area contributed by atoms with Gasteiger partial charge >= 0.3 is 0 Å². The van der Waals surface area contributed by atoms with Gasteiger partial charge < -0.3 is 10.7 Å². The first kappa shape index (κ1) is 11.8. The second-order valence-electron chi connectivity index (χ2n) is 3.48. The van der Waals surface area contributed by atoms with Gasteiger partial charge in [-0.2, -0.15) is 0 Å². The van der Waals surface area contributed by atoms with Crippen LogP contribution in [0, 0.1) is 6.92 Å². The van der Waals surface area contributed by atoms with Gasteiger partial charge in [-0.05, 0) is 25.1 Å². The van der Waals surface area contributed by atoms with Crippen molar-refractivity contribution >= 4 is 33.3 Å². The van der Waals surface area contributed by atoms with Gasteiger partial charge in [0.1, 0.15) is 18.0 Å². The van der Waals surface area contributed by atoms with Crippen molar-refractivity contribution in [3.8, 4) is 0 Å². The Morgan fingerprint density at radius 2 is 2.00 bits per heavy atom. The minimum absolute atomic E-state index is 0.609. The number of benzene rings is 1. The Kier molecular flexibility index (Phi) is 3.55. The number of nitrogens with one attached hydrogen (secondary N) is 2. The van der Waals surface area contributed by atoms with Crippen LogP contribution in [0.4, 0.5) is 17.3 Å². The van der Waals surface area contributed by atoms with Gasteiger partial charge in [-0.25, -0.2) is 15.8 Å². The lowest BCUT2D eigenvalue weighted by atomic mass is 10.3. The van der Waals surface area contributed by atoms with E-state index in [1.807, 2.05) is 31.2 Å². The van der Waals surface area contributed by atoms with Gasteiger partial charge in [-0.15, -0.1) is 0 Å². The molecule has 0 saturated carbocycles. The minimum atomic E-state index is 0.609. The molecule has 0 bridgehead atoms. The van der Waals surface area contributed by atoms with Crippen LogP contribution in [0.2, 0.25) is 0 Å². The molecule has 0 aliphatic heterocycles. The minimum Gasteiger partial charge on any atom is -0.340 e. The fourth-order valence-electron chi connectivity index (χ4n) is 1.42. The lowest BCUT2D eigenvalue weighted by molar-refractivity contribution is 1.11. The van der Waals surface area contributed by atoms with Gasteiger partial charge in [0.2, 0.25) is 0 Å². The number of nitrogens with zero attached hydrogens (tertiary/aromatic N) is 2. The molecule has 1 aromatic carbocycles. The highest BCUT2D eigenvalue weighted by Gasteiger charge is 2.05. The zero-order chi connectivity index (χ0) is 12.3. The lowest BCUT2D eigenvalue weighted by Crippen LogP contribution is -2.11. The molecule has 0 spiro atoms. The summed E-state index contributed by atoms with van der Waals surface area (Å²) in [4.78, 5) is 8.20. The van der Waals surface area contributed by atoms with E-state index in [9.17, 15) is 0 Å². The highest BCUT2D eigenvalue weighted by molar-refractivity contribution is 9.10. The van der Waals surface area contributed by atoms with E-state index in [2.05, 4.69) is 36.6 Å². The average Bonchev–Trinajstić information content (AvgIpc) is 2.32. The fraction of sp³-hybridized carbons (Fsp3) is 0.0909. The van der Waals surface area contributed by atoms with Crippen LogP contribution < -0.4 is 16.6 Å². The number of hydrogen-bond donors (Lipinski definition) is 3. The molecule has 6 heteroatoms. The van der Waals surface area contributed by atoms with Crippen LogP contribution in [-0.4, -0.2) is 9.97 Å². The van der Waals surface area contributed by atoms with E-state index in [-0.39, 0.29) is 0 Å². The Morgan fingerprint density at radius 3 is 2.71 bits per heavy atom. The maximum Gasteiger partial charge on any atom is 0.148 e. The molecular weight excluding hydrogens is 282 g/mol. The number of hydrazine groups is 1. The SMILES string of the molecule is Cc1c(NN)ncnc1Nc1cccc(Br)c1. The third-order valence-electron chi connectivity index (χ3n) is 2.31. The number of nitrogen functional groups attached to an aromatic ring is 1. The Morgan fingerprint density at radius 1 is 1.24 bits per heavy atom. The molecule has 0 saturated heterocycles. The quantitative estimate of drug-likeness (QED) is 0.599. The van der Waals surface area contributed by atoms with Gasteiger partial charge in [-0.3, -0.25) is 0 Å². The Hall–Kier alpha value is -1.66. The molecule has 1 heterocycles. The molecule has 5 nitrogen and oxygen atoms in total. The molecule has 4 N–H and O–H groups in total. The topological polar surface area (TPSA) is 75.9 Å². The van der Waals surface area contributed by atoms with Crippen molar-refractivity contribution in [1.82, 2.24) is 9.97 Å². The monoisotopic (exact) mass is 293 g/mol. The molecule has 0 radical (unpaired) electrons. The van der Waals surface area contributed by atoms with Crippen molar-refractivity contribution in [2.75, 3.05) is 10.7 Å². The summed E-state index contributed by atoms with van der Waals surface area (Å²) in [5.41, 5.74) is 4.35. The number of nitrogens with two attached hydrogens (primary N) is 1. The Balaban J connectivity index is 2.30. The number of rotatable bonds is 3. The second-order valence-corrected chi connectivity index (χ2v) is 4.39. The van der Waals surface area contributed by atoms with Crippen molar-refractivity contribution in [1.29, 1.82) is 0 Å². The molecule has 0 amide bonds. The standard InChI is InChI=1S/C11H12BrN5/c1-7-10(14-6-15-11(7)17-13)16-9-4-2-3-8(12)5-9/h2-6H,13H2,1H3,(H2,14,15,16,17). The van der Waals surface area contributed by atoms with Crippen LogP contribution in [0.5, 0.6) is 0 Å². The van der Waals surface area contributed by atoms with Crippen LogP contribution in [0.25, 0.3) is 0 Å². The highest BCUT2D eigenvalue weighted by atomic mass is 79.9. The summed E-state index contributed by atoms with van der Waals surface area (Å²) in [5.74, 6) is 6.70. The van der Waals surface area contributed by atoms with Gasteiger partial charge in [0.15, 0.2) is 0 Å². The number of aromatic nitrogens is 2. The first-order valence-electron chi connectivity index (χ1n) is 5.01. The van der Waals surface area contributed by atoms with E-state index in [0.717, 1.165) is 21.5 Å². The Labute approximate surface area is 108 Å². The van der Waals surface area contributed by atoms with Gasteiger partial charge in [0, 0.05) is 15.7 Å². The van der Waals surface area contributed by atoms with Crippen molar-refractivity contribution in [3.05, 3.63) is 40.6 Å². The number of hydrogen-bond acceptors (Lipinski definition) is 5. The molecule has 0 aliphatic carbocycles. The van der Waals surface area contributed by atoms with E-state index in [0.29, 0.717) is 5.82 Å². The zero-order valence-corrected chi connectivity index (χ0v) is 10.8. The maximum atomic E-state index is 5.36. The van der Waals surface area contributed by atoms with Gasteiger partial charge in [0.25, 0.3) is 0 Å². The van der Waals surface area contributed by atoms with Gasteiger partial charge in [0.05, 0.1) is 0 Å². The maximum absolute atomic E-state index is 5.36. The molecule has 0 aliphatic rings. The first-order valence-corrected chi connectivity index (χ1v) is 5.81. The average molecular weight is 294 g/mol. The van der Waals surface area contributed by atoms with E-state index >= 15 is 0 Å². The van der Waals surface area contributed by atoms with Crippen molar-refractivity contribution in [2.24, 2.45) is 5.84 Å². The molecule has 2 aromatic rings. The van der Waals surface area contributed by atoms with Crippen LogP contribution in [0.15, 0.2) is 35.1 Å². The van der Waals surface area contributed by atoms with Gasteiger partial charge in [-0.1, -0.05) is 22.0 Å². The molecule has 1 aromatic heterocycles. The molecule has 0 atom stereocenters. The van der Waals surface area contributed by atoms with Crippen molar-refractivity contribution < 1.29 is 0 Å². The second kappa shape index (κ2) is 5.11. The van der Waals surface area contributed by atoms with Crippen LogP contribution >= 0.6 is 15.9 Å². The third-order valence-corrected chi connectivity index (χ3v) is 2.80. The lowest BCUT2D eigenvalue weighted by Gasteiger charge is -2.10. The highest BCUT2D eigenvalue weighted by Crippen LogP contribution is 2.23. The molecule has 0 fully saturated rings. The normalized spacial score (nSPS) is 10.1. The molecular formula is C11H12BrN5. The molecule has 0 unspecified atom stereocenters. The van der Waals surface area contributed by atoms with Crippen LogP contribution in [0.3, 0.4) is 0 Å². The summed E-state index contributed by atoms with van der Waals surface area (Å²) in [6, 6.07) is 7.84. The summed E-state index contributed by atoms with van der Waals surface area (Å²) in [5, 5.41) is 3.21. The predicted molar refractivity (Wildman–Crippen MR) is 72.0 cm³/mol. The number of halogens is 1. The number of anilines is 3. The molecule has 2 rings (SSSR count). The van der Waals surface area contributed by atoms with Crippen molar-refractivity contribution in [3.63, 3.8) is 0 Å². The third kappa shape index (κ3) is 2.72. The Bertz CT molecular complexity index is 529. The summed E-state index contributed by atoms with van der Waals surface area (Å²) in [7, 11) is 0.